The maximum Gasteiger partial charge on any atom is 0.227 e. The summed E-state index contributed by atoms with van der Waals surface area (Å²) < 4.78 is 0. The van der Waals surface area contributed by atoms with Crippen LogP contribution in [0.5, 0.6) is 0 Å². The summed E-state index contributed by atoms with van der Waals surface area (Å²) in [6, 6.07) is 0.583. The van der Waals surface area contributed by atoms with Crippen molar-refractivity contribution in [2.75, 3.05) is 19.6 Å². The van der Waals surface area contributed by atoms with Crippen molar-refractivity contribution < 1.29 is 4.79 Å². The number of piperidine rings is 3. The minimum absolute atomic E-state index is 0.271. The van der Waals surface area contributed by atoms with Crippen LogP contribution in [0.15, 0.2) is 0 Å². The average molecular weight is 222 g/mol. The Labute approximate surface area is 97.6 Å². The molecule has 1 amide bonds. The molecule has 4 aliphatic rings. The number of nitrogens with zero attached hydrogens (tertiary/aromatic N) is 1. The van der Waals surface area contributed by atoms with Crippen LogP contribution in [0.25, 0.3) is 0 Å². The molecular weight excluding hydrogens is 200 g/mol. The molecule has 1 saturated carbocycles. The lowest BCUT2D eigenvalue weighted by Crippen LogP contribution is -2.54. The van der Waals surface area contributed by atoms with Gasteiger partial charge in [0.05, 0.1) is 5.92 Å². The Balaban J connectivity index is 1.65. The Bertz CT molecular complexity index is 265. The van der Waals surface area contributed by atoms with Crippen molar-refractivity contribution in [3.05, 3.63) is 0 Å². The highest BCUT2D eigenvalue weighted by Crippen LogP contribution is 2.35. The topological polar surface area (TPSA) is 32.3 Å². The van der Waals surface area contributed by atoms with Gasteiger partial charge >= 0.3 is 0 Å². The Morgan fingerprint density at radius 3 is 2.50 bits per heavy atom. The van der Waals surface area contributed by atoms with Crippen molar-refractivity contribution in [1.29, 1.82) is 0 Å². The SMILES string of the molecule is O=C([C@@H]1CCCNC1)N1CC2CCC1CC2. The summed E-state index contributed by atoms with van der Waals surface area (Å²) in [5, 5.41) is 3.35. The predicted octanol–water partition coefficient (Wildman–Crippen LogP) is 1.39. The molecule has 0 unspecified atom stereocenters. The molecule has 1 aliphatic carbocycles. The van der Waals surface area contributed by atoms with E-state index in [0.717, 1.165) is 32.0 Å². The molecule has 4 rings (SSSR count). The van der Waals surface area contributed by atoms with E-state index < -0.39 is 0 Å². The fourth-order valence-corrected chi connectivity index (χ4v) is 3.63. The van der Waals surface area contributed by atoms with Crippen LogP contribution in [0.2, 0.25) is 0 Å². The van der Waals surface area contributed by atoms with Crippen LogP contribution in [-0.2, 0) is 4.79 Å². The summed E-state index contributed by atoms with van der Waals surface area (Å²) in [5.74, 6) is 1.53. The van der Waals surface area contributed by atoms with Crippen LogP contribution >= 0.6 is 0 Å². The summed E-state index contributed by atoms with van der Waals surface area (Å²) in [4.78, 5) is 14.6. The third kappa shape index (κ3) is 1.86. The summed E-state index contributed by atoms with van der Waals surface area (Å²) in [6.07, 6.45) is 7.50. The van der Waals surface area contributed by atoms with Gasteiger partial charge in [0.2, 0.25) is 5.91 Å². The molecular formula is C13H22N2O. The monoisotopic (exact) mass is 222 g/mol. The summed E-state index contributed by atoms with van der Waals surface area (Å²) in [7, 11) is 0. The van der Waals surface area contributed by atoms with Gasteiger partial charge in [0.25, 0.3) is 0 Å². The number of rotatable bonds is 1. The second-order valence-electron chi connectivity index (χ2n) is 5.71. The Hall–Kier alpha value is -0.570. The minimum Gasteiger partial charge on any atom is -0.339 e. The minimum atomic E-state index is 0.271. The molecule has 0 radical (unpaired) electrons. The molecule has 0 aromatic carbocycles. The molecule has 3 heteroatoms. The zero-order valence-corrected chi connectivity index (χ0v) is 9.95. The first kappa shape index (κ1) is 10.6. The van der Waals surface area contributed by atoms with E-state index in [4.69, 9.17) is 0 Å². The molecule has 3 heterocycles. The van der Waals surface area contributed by atoms with E-state index in [2.05, 4.69) is 10.2 Å². The lowest BCUT2D eigenvalue weighted by Gasteiger charge is -2.46. The van der Waals surface area contributed by atoms with E-state index in [1.807, 2.05) is 0 Å². The fraction of sp³-hybridized carbons (Fsp3) is 0.923. The van der Waals surface area contributed by atoms with E-state index in [1.54, 1.807) is 0 Å². The molecule has 1 N–H and O–H groups in total. The van der Waals surface area contributed by atoms with Crippen LogP contribution < -0.4 is 5.32 Å². The standard InChI is InChI=1S/C13H22N2O/c16-13(11-2-1-7-14-8-11)15-9-10-3-5-12(15)6-4-10/h10-12,14H,1-9H2/t10?,11-,12?/m1/s1. The number of amides is 1. The maximum absolute atomic E-state index is 12.4. The number of fused-ring (bicyclic) bond motifs is 3. The molecule has 3 nitrogen and oxygen atoms in total. The van der Waals surface area contributed by atoms with Crippen molar-refractivity contribution in [2.45, 2.75) is 44.6 Å². The van der Waals surface area contributed by atoms with Gasteiger partial charge in [-0.05, 0) is 51.0 Å². The van der Waals surface area contributed by atoms with Gasteiger partial charge in [-0.2, -0.15) is 0 Å². The van der Waals surface area contributed by atoms with Crippen LogP contribution in [-0.4, -0.2) is 36.5 Å². The molecule has 16 heavy (non-hydrogen) atoms. The van der Waals surface area contributed by atoms with Crippen molar-refractivity contribution in [3.63, 3.8) is 0 Å². The predicted molar refractivity (Wildman–Crippen MR) is 63.1 cm³/mol. The van der Waals surface area contributed by atoms with E-state index in [9.17, 15) is 4.79 Å². The number of hydrogen-bond acceptors (Lipinski definition) is 2. The first-order valence-electron chi connectivity index (χ1n) is 6.86. The van der Waals surface area contributed by atoms with Crippen LogP contribution in [0, 0.1) is 11.8 Å². The molecule has 3 saturated heterocycles. The molecule has 4 fully saturated rings. The molecule has 1 atom stereocenters. The first-order valence-corrected chi connectivity index (χ1v) is 6.86. The van der Waals surface area contributed by atoms with Crippen molar-refractivity contribution in [2.24, 2.45) is 11.8 Å². The third-order valence-electron chi connectivity index (χ3n) is 4.64. The normalized spacial score (nSPS) is 38.8. The number of hydrogen-bond donors (Lipinski definition) is 1. The van der Waals surface area contributed by atoms with Crippen molar-refractivity contribution in [1.82, 2.24) is 10.2 Å². The van der Waals surface area contributed by atoms with Gasteiger partial charge in [-0.3, -0.25) is 4.79 Å². The van der Waals surface area contributed by atoms with Crippen LogP contribution in [0.3, 0.4) is 0 Å². The van der Waals surface area contributed by atoms with Gasteiger partial charge in [0, 0.05) is 19.1 Å². The zero-order chi connectivity index (χ0) is 11.0. The average Bonchev–Trinajstić information content (AvgIpc) is 2.40. The quantitative estimate of drug-likeness (QED) is 0.727. The zero-order valence-electron chi connectivity index (χ0n) is 9.95. The van der Waals surface area contributed by atoms with Gasteiger partial charge in [0.15, 0.2) is 0 Å². The summed E-state index contributed by atoms with van der Waals surface area (Å²) in [5.41, 5.74) is 0. The highest BCUT2D eigenvalue weighted by Gasteiger charge is 2.38. The molecule has 3 aliphatic heterocycles. The van der Waals surface area contributed by atoms with Crippen molar-refractivity contribution >= 4 is 5.91 Å². The van der Waals surface area contributed by atoms with Gasteiger partial charge in [0.1, 0.15) is 0 Å². The third-order valence-corrected chi connectivity index (χ3v) is 4.64. The molecule has 0 aromatic rings. The Kier molecular flexibility index (Phi) is 2.88. The van der Waals surface area contributed by atoms with Crippen LogP contribution in [0.1, 0.15) is 38.5 Å². The maximum atomic E-state index is 12.4. The van der Waals surface area contributed by atoms with Gasteiger partial charge in [-0.1, -0.05) is 0 Å². The molecule has 0 spiro atoms. The first-order chi connectivity index (χ1) is 7.84. The molecule has 2 bridgehead atoms. The second-order valence-corrected chi connectivity index (χ2v) is 5.71. The molecule has 90 valence electrons. The highest BCUT2D eigenvalue weighted by molar-refractivity contribution is 5.79. The van der Waals surface area contributed by atoms with E-state index in [-0.39, 0.29) is 5.92 Å². The number of nitrogens with one attached hydrogen (secondary N) is 1. The molecule has 0 aromatic heterocycles. The highest BCUT2D eigenvalue weighted by atomic mass is 16.2. The lowest BCUT2D eigenvalue weighted by atomic mass is 9.79. The van der Waals surface area contributed by atoms with E-state index in [1.165, 1.54) is 32.1 Å². The van der Waals surface area contributed by atoms with Gasteiger partial charge in [-0.15, -0.1) is 0 Å². The van der Waals surface area contributed by atoms with Crippen LogP contribution in [0.4, 0.5) is 0 Å². The smallest absolute Gasteiger partial charge is 0.227 e. The fourth-order valence-electron chi connectivity index (χ4n) is 3.63. The summed E-state index contributed by atoms with van der Waals surface area (Å²) >= 11 is 0. The second kappa shape index (κ2) is 4.36. The number of carbonyl (C=O) groups is 1. The van der Waals surface area contributed by atoms with Gasteiger partial charge in [-0.25, -0.2) is 0 Å². The largest absolute Gasteiger partial charge is 0.339 e. The van der Waals surface area contributed by atoms with E-state index >= 15 is 0 Å². The number of carbonyl (C=O) groups excluding carboxylic acids is 1. The summed E-state index contributed by atoms with van der Waals surface area (Å²) in [6.45, 7) is 3.06. The van der Waals surface area contributed by atoms with E-state index in [0.29, 0.717) is 11.9 Å². The van der Waals surface area contributed by atoms with Gasteiger partial charge < -0.3 is 10.2 Å². The van der Waals surface area contributed by atoms with Crippen molar-refractivity contribution in [3.8, 4) is 0 Å². The Morgan fingerprint density at radius 2 is 1.94 bits per heavy atom. The lowest BCUT2D eigenvalue weighted by molar-refractivity contribution is -0.143. The Morgan fingerprint density at radius 1 is 1.12 bits per heavy atom.